The highest BCUT2D eigenvalue weighted by molar-refractivity contribution is 6.08. The molecule has 1 aromatic heterocycles. The van der Waals surface area contributed by atoms with Crippen molar-refractivity contribution in [3.8, 4) is 11.8 Å². The van der Waals surface area contributed by atoms with Crippen LogP contribution in [-0.2, 0) is 6.54 Å². The number of ketones is 1. The third-order valence-corrected chi connectivity index (χ3v) is 6.16. The minimum Gasteiger partial charge on any atom is -0.492 e. The quantitative estimate of drug-likeness (QED) is 0.483. The molecule has 0 unspecified atom stereocenters. The summed E-state index contributed by atoms with van der Waals surface area (Å²) in [7, 11) is 0. The van der Waals surface area contributed by atoms with Crippen LogP contribution in [-0.4, -0.2) is 66.0 Å². The minimum absolute atomic E-state index is 0.0382. The van der Waals surface area contributed by atoms with Gasteiger partial charge in [-0.25, -0.2) is 0 Å². The molecule has 0 aliphatic carbocycles. The van der Waals surface area contributed by atoms with Crippen molar-refractivity contribution < 1.29 is 9.53 Å². The molecule has 0 atom stereocenters. The number of nitrogens with zero attached hydrogens (tertiary/aromatic N) is 4. The molecule has 166 valence electrons. The Kier molecular flexibility index (Phi) is 7.21. The Morgan fingerprint density at radius 1 is 0.969 bits per heavy atom. The summed E-state index contributed by atoms with van der Waals surface area (Å²) in [5.41, 5.74) is 2.20. The summed E-state index contributed by atoms with van der Waals surface area (Å²) in [4.78, 5) is 17.0. The van der Waals surface area contributed by atoms with Crippen molar-refractivity contribution in [1.82, 2.24) is 14.4 Å². The molecule has 4 rings (SSSR count). The lowest BCUT2D eigenvalue weighted by atomic mass is 10.1. The highest BCUT2D eigenvalue weighted by Gasteiger charge is 2.18. The van der Waals surface area contributed by atoms with Crippen LogP contribution < -0.4 is 4.74 Å². The molecule has 0 amide bonds. The summed E-state index contributed by atoms with van der Waals surface area (Å²) in [6.45, 7) is 9.27. The van der Waals surface area contributed by atoms with Crippen LogP contribution in [0.4, 0.5) is 0 Å². The molecule has 1 aliphatic heterocycles. The smallest absolute Gasteiger partial charge is 0.161 e. The highest BCUT2D eigenvalue weighted by atomic mass is 16.5. The number of nitriles is 1. The molecule has 1 fully saturated rings. The SMILES string of the molecule is CC(=O)c1cn(CCCN2CCN(CCOc3ccccc3)CC2)c2c(C#N)cccc12. The molecular weight excluding hydrogens is 400 g/mol. The largest absolute Gasteiger partial charge is 0.492 e. The molecule has 1 saturated heterocycles. The second kappa shape index (κ2) is 10.4. The van der Waals surface area contributed by atoms with E-state index in [1.54, 1.807) is 6.92 Å². The Morgan fingerprint density at radius 3 is 2.38 bits per heavy atom. The third kappa shape index (κ3) is 5.18. The van der Waals surface area contributed by atoms with Gasteiger partial charge in [0.2, 0.25) is 0 Å². The molecule has 32 heavy (non-hydrogen) atoms. The minimum atomic E-state index is 0.0382. The van der Waals surface area contributed by atoms with Crippen LogP contribution >= 0.6 is 0 Å². The van der Waals surface area contributed by atoms with Gasteiger partial charge < -0.3 is 14.2 Å². The first-order chi connectivity index (χ1) is 15.7. The van der Waals surface area contributed by atoms with Crippen LogP contribution in [0.1, 0.15) is 29.3 Å². The normalized spacial score (nSPS) is 15.0. The van der Waals surface area contributed by atoms with Gasteiger partial charge in [0, 0.05) is 56.4 Å². The maximum absolute atomic E-state index is 12.1. The Morgan fingerprint density at radius 2 is 1.69 bits per heavy atom. The number of para-hydroxylation sites is 2. The Hall–Kier alpha value is -3.14. The Balaban J connectivity index is 1.25. The molecule has 0 bridgehead atoms. The first kappa shape index (κ1) is 22.1. The van der Waals surface area contributed by atoms with E-state index in [-0.39, 0.29) is 5.78 Å². The zero-order valence-electron chi connectivity index (χ0n) is 18.7. The number of benzene rings is 2. The predicted octanol–water partition coefficient (Wildman–Crippen LogP) is 3.80. The molecule has 2 aromatic carbocycles. The Labute approximate surface area is 189 Å². The van der Waals surface area contributed by atoms with Crippen molar-refractivity contribution in [2.75, 3.05) is 45.9 Å². The molecular formula is C26H30N4O2. The number of ether oxygens (including phenoxy) is 1. The maximum atomic E-state index is 12.1. The van der Waals surface area contributed by atoms with Crippen molar-refractivity contribution in [2.45, 2.75) is 19.9 Å². The zero-order chi connectivity index (χ0) is 22.3. The lowest BCUT2D eigenvalue weighted by Gasteiger charge is -2.34. The third-order valence-electron chi connectivity index (χ3n) is 6.16. The van der Waals surface area contributed by atoms with Gasteiger partial charge in [-0.1, -0.05) is 30.3 Å². The number of hydrogen-bond donors (Lipinski definition) is 0. The number of hydrogen-bond acceptors (Lipinski definition) is 5. The molecule has 0 radical (unpaired) electrons. The van der Waals surface area contributed by atoms with Gasteiger partial charge in [0.05, 0.1) is 11.1 Å². The summed E-state index contributed by atoms with van der Waals surface area (Å²) in [6, 6.07) is 17.8. The van der Waals surface area contributed by atoms with Crippen LogP contribution in [0.2, 0.25) is 0 Å². The number of carbonyl (C=O) groups excluding carboxylic acids is 1. The summed E-state index contributed by atoms with van der Waals surface area (Å²) in [5, 5.41) is 10.4. The van der Waals surface area contributed by atoms with Crippen molar-refractivity contribution in [3.05, 3.63) is 65.9 Å². The fourth-order valence-corrected chi connectivity index (χ4v) is 4.42. The molecule has 3 aromatic rings. The van der Waals surface area contributed by atoms with Gasteiger partial charge in [0.25, 0.3) is 0 Å². The van der Waals surface area contributed by atoms with E-state index in [9.17, 15) is 10.1 Å². The van der Waals surface area contributed by atoms with Crippen LogP contribution in [0.5, 0.6) is 5.75 Å². The van der Waals surface area contributed by atoms with E-state index in [1.165, 1.54) is 0 Å². The summed E-state index contributed by atoms with van der Waals surface area (Å²) >= 11 is 0. The predicted molar refractivity (Wildman–Crippen MR) is 126 cm³/mol. The van der Waals surface area contributed by atoms with Gasteiger partial charge in [-0.15, -0.1) is 0 Å². The molecule has 6 nitrogen and oxygen atoms in total. The lowest BCUT2D eigenvalue weighted by Crippen LogP contribution is -2.47. The summed E-state index contributed by atoms with van der Waals surface area (Å²) in [5.74, 6) is 0.965. The van der Waals surface area contributed by atoms with Gasteiger partial charge in [-0.2, -0.15) is 5.26 Å². The number of aryl methyl sites for hydroxylation is 1. The van der Waals surface area contributed by atoms with Gasteiger partial charge in [-0.3, -0.25) is 9.69 Å². The van der Waals surface area contributed by atoms with Gasteiger partial charge in [0.15, 0.2) is 5.78 Å². The molecule has 0 N–H and O–H groups in total. The number of Topliss-reactive ketones (excluding diaryl/α,β-unsaturated/α-hetero) is 1. The number of fused-ring (bicyclic) bond motifs is 1. The molecule has 0 saturated carbocycles. The molecule has 6 heteroatoms. The van der Waals surface area contributed by atoms with E-state index in [2.05, 4.69) is 20.4 Å². The average Bonchev–Trinajstić information content (AvgIpc) is 3.20. The maximum Gasteiger partial charge on any atom is 0.161 e. The lowest BCUT2D eigenvalue weighted by molar-refractivity contribution is 0.101. The average molecular weight is 431 g/mol. The molecule has 1 aliphatic rings. The monoisotopic (exact) mass is 430 g/mol. The molecule has 0 spiro atoms. The highest BCUT2D eigenvalue weighted by Crippen LogP contribution is 2.25. The van der Waals surface area contributed by atoms with E-state index in [0.29, 0.717) is 17.7 Å². The number of carbonyl (C=O) groups is 1. The topological polar surface area (TPSA) is 61.5 Å². The van der Waals surface area contributed by atoms with E-state index in [4.69, 9.17) is 4.74 Å². The van der Waals surface area contributed by atoms with Crippen LogP contribution in [0.3, 0.4) is 0 Å². The van der Waals surface area contributed by atoms with Gasteiger partial charge in [-0.05, 0) is 38.1 Å². The van der Waals surface area contributed by atoms with Crippen LogP contribution in [0, 0.1) is 11.3 Å². The van der Waals surface area contributed by atoms with Crippen LogP contribution in [0.15, 0.2) is 54.7 Å². The van der Waals surface area contributed by atoms with Gasteiger partial charge in [0.1, 0.15) is 18.4 Å². The fourth-order valence-electron chi connectivity index (χ4n) is 4.42. The van der Waals surface area contributed by atoms with Crippen molar-refractivity contribution >= 4 is 16.7 Å². The van der Waals surface area contributed by atoms with E-state index in [0.717, 1.165) is 68.9 Å². The zero-order valence-corrected chi connectivity index (χ0v) is 18.7. The summed E-state index contributed by atoms with van der Waals surface area (Å²) in [6.07, 6.45) is 2.90. The molecule has 2 heterocycles. The van der Waals surface area contributed by atoms with Crippen molar-refractivity contribution in [3.63, 3.8) is 0 Å². The standard InChI is InChI=1S/C26H30N4O2/c1-21(31)25-20-30(26-22(19-27)7-5-10-24(25)26)12-6-11-28-13-15-29(16-14-28)17-18-32-23-8-3-2-4-9-23/h2-5,7-10,20H,6,11-18H2,1H3. The van der Waals surface area contributed by atoms with Crippen LogP contribution in [0.25, 0.3) is 10.9 Å². The van der Waals surface area contributed by atoms with Crippen molar-refractivity contribution in [2.24, 2.45) is 0 Å². The van der Waals surface area contributed by atoms with E-state index in [1.807, 2.05) is 54.7 Å². The second-order valence-corrected chi connectivity index (χ2v) is 8.30. The van der Waals surface area contributed by atoms with Gasteiger partial charge >= 0.3 is 0 Å². The van der Waals surface area contributed by atoms with E-state index >= 15 is 0 Å². The number of piperazine rings is 1. The second-order valence-electron chi connectivity index (χ2n) is 8.30. The fraction of sp³-hybridized carbons (Fsp3) is 0.385. The van der Waals surface area contributed by atoms with Crippen molar-refractivity contribution in [1.29, 1.82) is 5.26 Å². The van der Waals surface area contributed by atoms with E-state index < -0.39 is 0 Å². The number of aromatic nitrogens is 1. The summed E-state index contributed by atoms with van der Waals surface area (Å²) < 4.78 is 7.90. The first-order valence-electron chi connectivity index (χ1n) is 11.3. The Bertz CT molecular complexity index is 1090. The number of rotatable bonds is 9. The first-order valence-corrected chi connectivity index (χ1v) is 11.3.